The fourth-order valence-electron chi connectivity index (χ4n) is 1.38. The standard InChI is InChI=1S/C10H12N4O/c1-7-2-8(4-11-7)3-10(15)14-9-5-12-13-6-9/h2,4-6,11H,3H2,1H3,(H,12,13)(H,14,15). The summed E-state index contributed by atoms with van der Waals surface area (Å²) in [6.07, 6.45) is 5.42. The fourth-order valence-corrected chi connectivity index (χ4v) is 1.38. The molecule has 2 heterocycles. The Balaban J connectivity index is 1.93. The van der Waals surface area contributed by atoms with Crippen LogP contribution in [0.5, 0.6) is 0 Å². The minimum Gasteiger partial charge on any atom is -0.365 e. The van der Waals surface area contributed by atoms with Crippen molar-refractivity contribution >= 4 is 11.6 Å². The lowest BCUT2D eigenvalue weighted by atomic mass is 10.2. The highest BCUT2D eigenvalue weighted by Gasteiger charge is 2.05. The Morgan fingerprint density at radius 2 is 2.40 bits per heavy atom. The molecular formula is C10H12N4O. The van der Waals surface area contributed by atoms with Gasteiger partial charge in [0.1, 0.15) is 0 Å². The average Bonchev–Trinajstić information content (AvgIpc) is 2.77. The van der Waals surface area contributed by atoms with Gasteiger partial charge >= 0.3 is 0 Å². The van der Waals surface area contributed by atoms with Crippen molar-refractivity contribution < 1.29 is 4.79 Å². The van der Waals surface area contributed by atoms with Gasteiger partial charge in [-0.2, -0.15) is 5.10 Å². The van der Waals surface area contributed by atoms with Gasteiger partial charge in [0.15, 0.2) is 0 Å². The van der Waals surface area contributed by atoms with Gasteiger partial charge in [-0.1, -0.05) is 0 Å². The zero-order valence-corrected chi connectivity index (χ0v) is 8.37. The molecular weight excluding hydrogens is 192 g/mol. The van der Waals surface area contributed by atoms with Crippen LogP contribution in [-0.2, 0) is 11.2 Å². The van der Waals surface area contributed by atoms with Gasteiger partial charge in [-0.05, 0) is 18.6 Å². The van der Waals surface area contributed by atoms with Gasteiger partial charge in [-0.25, -0.2) is 0 Å². The highest BCUT2D eigenvalue weighted by molar-refractivity contribution is 5.91. The molecule has 1 amide bonds. The molecule has 2 aromatic heterocycles. The first-order chi connectivity index (χ1) is 7.24. The molecule has 0 fully saturated rings. The molecule has 0 bridgehead atoms. The summed E-state index contributed by atoms with van der Waals surface area (Å²) in [6, 6.07) is 1.95. The van der Waals surface area contributed by atoms with Gasteiger partial charge in [-0.3, -0.25) is 9.89 Å². The first kappa shape index (κ1) is 9.51. The Kier molecular flexibility index (Phi) is 2.53. The van der Waals surface area contributed by atoms with Crippen LogP contribution in [0, 0.1) is 6.92 Å². The third-order valence-electron chi connectivity index (χ3n) is 2.03. The van der Waals surface area contributed by atoms with Crippen molar-refractivity contribution in [1.29, 1.82) is 0 Å². The second-order valence-electron chi connectivity index (χ2n) is 3.40. The van der Waals surface area contributed by atoms with E-state index in [1.54, 1.807) is 12.4 Å². The van der Waals surface area contributed by atoms with Crippen LogP contribution in [0.3, 0.4) is 0 Å². The minimum absolute atomic E-state index is 0.0459. The van der Waals surface area contributed by atoms with Crippen molar-refractivity contribution in [3.63, 3.8) is 0 Å². The van der Waals surface area contributed by atoms with Gasteiger partial charge in [0.05, 0.1) is 18.3 Å². The van der Waals surface area contributed by atoms with Gasteiger partial charge in [0.2, 0.25) is 5.91 Å². The smallest absolute Gasteiger partial charge is 0.228 e. The van der Waals surface area contributed by atoms with E-state index in [9.17, 15) is 4.79 Å². The number of anilines is 1. The molecule has 2 aromatic rings. The number of H-pyrrole nitrogens is 2. The minimum atomic E-state index is -0.0459. The van der Waals surface area contributed by atoms with Gasteiger partial charge in [0, 0.05) is 18.1 Å². The van der Waals surface area contributed by atoms with E-state index in [-0.39, 0.29) is 5.91 Å². The number of carbonyl (C=O) groups is 1. The number of rotatable bonds is 3. The van der Waals surface area contributed by atoms with E-state index in [1.807, 2.05) is 19.2 Å². The van der Waals surface area contributed by atoms with E-state index in [0.29, 0.717) is 12.1 Å². The van der Waals surface area contributed by atoms with Crippen LogP contribution in [0.2, 0.25) is 0 Å². The highest BCUT2D eigenvalue weighted by atomic mass is 16.1. The molecule has 15 heavy (non-hydrogen) atoms. The topological polar surface area (TPSA) is 73.6 Å². The molecule has 5 nitrogen and oxygen atoms in total. The molecule has 3 N–H and O–H groups in total. The van der Waals surface area contributed by atoms with E-state index >= 15 is 0 Å². The van der Waals surface area contributed by atoms with E-state index in [2.05, 4.69) is 20.5 Å². The van der Waals surface area contributed by atoms with Crippen molar-refractivity contribution in [2.24, 2.45) is 0 Å². The Bertz CT molecular complexity index is 444. The van der Waals surface area contributed by atoms with E-state index in [1.165, 1.54) is 0 Å². The van der Waals surface area contributed by atoms with Crippen molar-refractivity contribution in [2.75, 3.05) is 5.32 Å². The molecule has 0 radical (unpaired) electrons. The highest BCUT2D eigenvalue weighted by Crippen LogP contribution is 2.06. The van der Waals surface area contributed by atoms with Crippen LogP contribution < -0.4 is 5.32 Å². The van der Waals surface area contributed by atoms with Crippen LogP contribution in [0.4, 0.5) is 5.69 Å². The van der Waals surface area contributed by atoms with E-state index in [0.717, 1.165) is 11.3 Å². The molecule has 0 atom stereocenters. The van der Waals surface area contributed by atoms with Crippen molar-refractivity contribution in [3.05, 3.63) is 35.9 Å². The number of amides is 1. The summed E-state index contributed by atoms with van der Waals surface area (Å²) < 4.78 is 0. The summed E-state index contributed by atoms with van der Waals surface area (Å²) >= 11 is 0. The number of aromatic nitrogens is 3. The normalized spacial score (nSPS) is 10.2. The monoisotopic (exact) mass is 204 g/mol. The zero-order chi connectivity index (χ0) is 10.7. The lowest BCUT2D eigenvalue weighted by molar-refractivity contribution is -0.115. The number of aryl methyl sites for hydroxylation is 1. The SMILES string of the molecule is Cc1cc(CC(=O)Nc2cn[nH]c2)c[nH]1. The third-order valence-corrected chi connectivity index (χ3v) is 2.03. The molecule has 0 saturated carbocycles. The Morgan fingerprint density at radius 3 is 3.00 bits per heavy atom. The van der Waals surface area contributed by atoms with Crippen LogP contribution in [-0.4, -0.2) is 21.1 Å². The molecule has 78 valence electrons. The molecule has 0 saturated heterocycles. The number of hydrogen-bond donors (Lipinski definition) is 3. The fraction of sp³-hybridized carbons (Fsp3) is 0.200. The number of hydrogen-bond acceptors (Lipinski definition) is 2. The predicted molar refractivity (Wildman–Crippen MR) is 56.5 cm³/mol. The summed E-state index contributed by atoms with van der Waals surface area (Å²) in [5.41, 5.74) is 2.72. The molecule has 0 unspecified atom stereocenters. The van der Waals surface area contributed by atoms with Crippen LogP contribution in [0.1, 0.15) is 11.3 Å². The maximum absolute atomic E-state index is 11.5. The number of aromatic amines is 2. The maximum Gasteiger partial charge on any atom is 0.228 e. The Labute approximate surface area is 86.9 Å². The maximum atomic E-state index is 11.5. The number of nitrogens with zero attached hydrogens (tertiary/aromatic N) is 1. The number of carbonyl (C=O) groups excluding carboxylic acids is 1. The molecule has 0 aliphatic rings. The first-order valence-corrected chi connectivity index (χ1v) is 4.66. The molecule has 0 aromatic carbocycles. The predicted octanol–water partition coefficient (Wildman–Crippen LogP) is 1.23. The van der Waals surface area contributed by atoms with E-state index < -0.39 is 0 Å². The quantitative estimate of drug-likeness (QED) is 0.703. The first-order valence-electron chi connectivity index (χ1n) is 4.66. The summed E-state index contributed by atoms with van der Waals surface area (Å²) in [4.78, 5) is 14.6. The van der Waals surface area contributed by atoms with Crippen LogP contribution in [0.15, 0.2) is 24.7 Å². The lowest BCUT2D eigenvalue weighted by Crippen LogP contribution is -2.13. The molecule has 5 heteroatoms. The molecule has 2 rings (SSSR count). The largest absolute Gasteiger partial charge is 0.365 e. The van der Waals surface area contributed by atoms with E-state index in [4.69, 9.17) is 0 Å². The number of nitrogens with one attached hydrogen (secondary N) is 3. The average molecular weight is 204 g/mol. The second-order valence-corrected chi connectivity index (χ2v) is 3.40. The summed E-state index contributed by atoms with van der Waals surface area (Å²) in [7, 11) is 0. The van der Waals surface area contributed by atoms with Crippen molar-refractivity contribution in [1.82, 2.24) is 15.2 Å². The molecule has 0 aliphatic carbocycles. The van der Waals surface area contributed by atoms with Crippen molar-refractivity contribution in [3.8, 4) is 0 Å². The Hall–Kier alpha value is -2.04. The van der Waals surface area contributed by atoms with Crippen molar-refractivity contribution in [2.45, 2.75) is 13.3 Å². The van der Waals surface area contributed by atoms with Crippen LogP contribution >= 0.6 is 0 Å². The summed E-state index contributed by atoms with van der Waals surface area (Å²) in [5.74, 6) is -0.0459. The molecule has 0 aliphatic heterocycles. The molecule has 0 spiro atoms. The van der Waals surface area contributed by atoms with Gasteiger partial charge in [0.25, 0.3) is 0 Å². The third kappa shape index (κ3) is 2.46. The summed E-state index contributed by atoms with van der Waals surface area (Å²) in [6.45, 7) is 1.96. The summed E-state index contributed by atoms with van der Waals surface area (Å²) in [5, 5.41) is 9.11. The zero-order valence-electron chi connectivity index (χ0n) is 8.37. The van der Waals surface area contributed by atoms with Crippen LogP contribution in [0.25, 0.3) is 0 Å². The second kappa shape index (κ2) is 4.00. The Morgan fingerprint density at radius 1 is 1.53 bits per heavy atom. The lowest BCUT2D eigenvalue weighted by Gasteiger charge is -1.99. The van der Waals surface area contributed by atoms with Gasteiger partial charge < -0.3 is 10.3 Å². The van der Waals surface area contributed by atoms with Gasteiger partial charge in [-0.15, -0.1) is 0 Å².